The van der Waals surface area contributed by atoms with Gasteiger partial charge >= 0.3 is 0 Å². The van der Waals surface area contributed by atoms with Crippen molar-refractivity contribution in [1.29, 1.82) is 0 Å². The van der Waals surface area contributed by atoms with E-state index in [0.717, 1.165) is 16.4 Å². The zero-order chi connectivity index (χ0) is 15.0. The Morgan fingerprint density at radius 3 is 2.60 bits per heavy atom. The monoisotopic (exact) mass is 363 g/mol. The molecular weight excluding hydrogens is 346 g/mol. The average Bonchev–Trinajstić information content (AvgIpc) is 2.35. The first-order chi connectivity index (χ1) is 9.38. The highest BCUT2D eigenvalue weighted by molar-refractivity contribution is 9.10. The summed E-state index contributed by atoms with van der Waals surface area (Å²) >= 11 is 3.35. The second-order valence-electron chi connectivity index (χ2n) is 4.22. The molecule has 0 saturated carbocycles. The van der Waals surface area contributed by atoms with Crippen LogP contribution < -0.4 is 15.4 Å². The van der Waals surface area contributed by atoms with Gasteiger partial charge in [0.05, 0.1) is 18.5 Å². The fourth-order valence-corrected chi connectivity index (χ4v) is 2.33. The number of amides is 1. The Balaban J connectivity index is 2.17. The first-order valence-electron chi connectivity index (χ1n) is 6.08. The molecule has 3 N–H and O–H groups in total. The molecule has 0 aliphatic heterocycles. The zero-order valence-electron chi connectivity index (χ0n) is 11.1. The van der Waals surface area contributed by atoms with Gasteiger partial charge in [-0.05, 0) is 41.0 Å². The molecule has 1 aromatic carbocycles. The second-order valence-corrected chi connectivity index (χ2v) is 6.91. The zero-order valence-corrected chi connectivity index (χ0v) is 13.6. The van der Waals surface area contributed by atoms with Crippen molar-refractivity contribution in [3.63, 3.8) is 0 Å². The fraction of sp³-hybridized carbons (Fsp3) is 0.417. The molecular formula is C12H18BrN3O3S. The van der Waals surface area contributed by atoms with Crippen molar-refractivity contribution in [3.05, 3.63) is 28.7 Å². The predicted octanol–water partition coefficient (Wildman–Crippen LogP) is 0.916. The van der Waals surface area contributed by atoms with Gasteiger partial charge in [-0.2, -0.15) is 0 Å². The minimum absolute atomic E-state index is 0.145. The molecule has 1 rings (SSSR count). The van der Waals surface area contributed by atoms with Crippen molar-refractivity contribution >= 4 is 37.5 Å². The molecule has 1 aromatic rings. The fourth-order valence-electron chi connectivity index (χ4n) is 1.43. The summed E-state index contributed by atoms with van der Waals surface area (Å²) in [7, 11) is -3.14. The van der Waals surface area contributed by atoms with Crippen molar-refractivity contribution in [2.75, 3.05) is 31.2 Å². The highest BCUT2D eigenvalue weighted by atomic mass is 79.9. The summed E-state index contributed by atoms with van der Waals surface area (Å²) in [6, 6.07) is 7.36. The molecule has 0 heterocycles. The quantitative estimate of drug-likeness (QED) is 0.599. The summed E-state index contributed by atoms with van der Waals surface area (Å²) in [5.74, 6) is -0.145. The molecule has 0 fully saturated rings. The molecule has 0 unspecified atom stereocenters. The van der Waals surface area contributed by atoms with E-state index in [9.17, 15) is 13.2 Å². The van der Waals surface area contributed by atoms with Crippen LogP contribution in [-0.2, 0) is 14.8 Å². The van der Waals surface area contributed by atoms with Gasteiger partial charge < -0.3 is 10.6 Å². The second kappa shape index (κ2) is 8.35. The molecule has 8 heteroatoms. The predicted molar refractivity (Wildman–Crippen MR) is 83.1 cm³/mol. The number of hydrogen-bond acceptors (Lipinski definition) is 4. The number of sulfonamides is 1. The lowest BCUT2D eigenvalue weighted by atomic mass is 10.3. The minimum atomic E-state index is -3.14. The van der Waals surface area contributed by atoms with Crippen LogP contribution in [0.1, 0.15) is 6.42 Å². The van der Waals surface area contributed by atoms with E-state index in [4.69, 9.17) is 0 Å². The molecule has 0 bridgehead atoms. The lowest BCUT2D eigenvalue weighted by Gasteiger charge is -2.08. The maximum absolute atomic E-state index is 11.7. The summed E-state index contributed by atoms with van der Waals surface area (Å²) in [6.07, 6.45) is 1.74. The van der Waals surface area contributed by atoms with Crippen LogP contribution in [-0.4, -0.2) is 40.2 Å². The number of halogens is 1. The van der Waals surface area contributed by atoms with Crippen LogP contribution in [0.2, 0.25) is 0 Å². The van der Waals surface area contributed by atoms with Crippen LogP contribution in [0.5, 0.6) is 0 Å². The van der Waals surface area contributed by atoms with Crippen molar-refractivity contribution in [1.82, 2.24) is 10.0 Å². The van der Waals surface area contributed by atoms with Gasteiger partial charge in [-0.15, -0.1) is 0 Å². The average molecular weight is 364 g/mol. The van der Waals surface area contributed by atoms with Gasteiger partial charge in [0.15, 0.2) is 0 Å². The first kappa shape index (κ1) is 17.1. The Morgan fingerprint density at radius 1 is 1.25 bits per heavy atom. The molecule has 0 saturated heterocycles. The van der Waals surface area contributed by atoms with Crippen LogP contribution in [0.15, 0.2) is 28.7 Å². The highest BCUT2D eigenvalue weighted by Gasteiger charge is 2.04. The van der Waals surface area contributed by atoms with Crippen molar-refractivity contribution in [2.24, 2.45) is 0 Å². The van der Waals surface area contributed by atoms with Crippen LogP contribution in [0.3, 0.4) is 0 Å². The van der Waals surface area contributed by atoms with Crippen molar-refractivity contribution in [3.8, 4) is 0 Å². The smallest absolute Gasteiger partial charge is 0.238 e. The minimum Gasteiger partial charge on any atom is -0.324 e. The van der Waals surface area contributed by atoms with Gasteiger partial charge in [0.25, 0.3) is 0 Å². The molecule has 6 nitrogen and oxygen atoms in total. The Labute approximate surface area is 127 Å². The van der Waals surface area contributed by atoms with E-state index in [1.54, 1.807) is 6.07 Å². The summed E-state index contributed by atoms with van der Waals surface area (Å²) < 4.78 is 24.8. The molecule has 0 aromatic heterocycles. The Hall–Kier alpha value is -0.960. The standard InChI is InChI=1S/C12H18BrN3O3S/c1-20(18,19)15-8-4-7-14-9-12(17)16-11-6-3-2-5-10(11)13/h2-3,5-6,14-15H,4,7-9H2,1H3,(H,16,17). The molecule has 0 spiro atoms. The van der Waals surface area contributed by atoms with Crippen LogP contribution in [0.25, 0.3) is 0 Å². The van der Waals surface area contributed by atoms with Gasteiger partial charge in [0, 0.05) is 11.0 Å². The Bertz CT molecular complexity index is 549. The van der Waals surface area contributed by atoms with E-state index in [0.29, 0.717) is 19.5 Å². The molecule has 20 heavy (non-hydrogen) atoms. The van der Waals surface area contributed by atoms with Gasteiger partial charge in [-0.3, -0.25) is 4.79 Å². The number of para-hydroxylation sites is 1. The maximum Gasteiger partial charge on any atom is 0.238 e. The van der Waals surface area contributed by atoms with Crippen molar-refractivity contribution < 1.29 is 13.2 Å². The van der Waals surface area contributed by atoms with Crippen molar-refractivity contribution in [2.45, 2.75) is 6.42 Å². The lowest BCUT2D eigenvalue weighted by molar-refractivity contribution is -0.115. The lowest BCUT2D eigenvalue weighted by Crippen LogP contribution is -2.31. The van der Waals surface area contributed by atoms with Gasteiger partial charge in [0.2, 0.25) is 15.9 Å². The number of anilines is 1. The Morgan fingerprint density at radius 2 is 1.95 bits per heavy atom. The SMILES string of the molecule is CS(=O)(=O)NCCCNCC(=O)Nc1ccccc1Br. The van der Waals surface area contributed by atoms with E-state index >= 15 is 0 Å². The number of carbonyl (C=O) groups is 1. The number of rotatable bonds is 8. The number of nitrogens with one attached hydrogen (secondary N) is 3. The molecule has 0 aliphatic carbocycles. The van der Waals surface area contributed by atoms with E-state index in [1.165, 1.54) is 0 Å². The number of benzene rings is 1. The van der Waals surface area contributed by atoms with E-state index < -0.39 is 10.0 Å². The highest BCUT2D eigenvalue weighted by Crippen LogP contribution is 2.20. The summed E-state index contributed by atoms with van der Waals surface area (Å²) in [6.45, 7) is 1.10. The molecule has 0 aliphatic rings. The molecule has 1 amide bonds. The van der Waals surface area contributed by atoms with Gasteiger partial charge in [-0.25, -0.2) is 13.1 Å². The van der Waals surface area contributed by atoms with E-state index in [1.807, 2.05) is 18.2 Å². The largest absolute Gasteiger partial charge is 0.324 e. The van der Waals surface area contributed by atoms with Crippen LogP contribution in [0, 0.1) is 0 Å². The topological polar surface area (TPSA) is 87.3 Å². The van der Waals surface area contributed by atoms with Gasteiger partial charge in [0.1, 0.15) is 0 Å². The summed E-state index contributed by atoms with van der Waals surface area (Å²) in [5, 5.41) is 5.71. The normalized spacial score (nSPS) is 11.3. The van der Waals surface area contributed by atoms with Crippen LogP contribution >= 0.6 is 15.9 Å². The molecule has 0 radical (unpaired) electrons. The summed E-state index contributed by atoms with van der Waals surface area (Å²) in [5.41, 5.74) is 0.720. The number of carbonyl (C=O) groups excluding carboxylic acids is 1. The third kappa shape index (κ3) is 7.59. The van der Waals surface area contributed by atoms with E-state index in [2.05, 4.69) is 31.3 Å². The van der Waals surface area contributed by atoms with Gasteiger partial charge in [-0.1, -0.05) is 12.1 Å². The Kier molecular flexibility index (Phi) is 7.14. The third-order valence-electron chi connectivity index (χ3n) is 2.33. The summed E-state index contributed by atoms with van der Waals surface area (Å²) in [4.78, 5) is 11.7. The first-order valence-corrected chi connectivity index (χ1v) is 8.76. The number of hydrogen-bond donors (Lipinski definition) is 3. The third-order valence-corrected chi connectivity index (χ3v) is 3.75. The molecule has 0 atom stereocenters. The van der Waals surface area contributed by atoms with Crippen LogP contribution in [0.4, 0.5) is 5.69 Å². The maximum atomic E-state index is 11.7. The van der Waals surface area contributed by atoms with E-state index in [-0.39, 0.29) is 12.5 Å². The molecule has 112 valence electrons.